The average Bonchev–Trinajstić information content (AvgIpc) is 2.43. The fourth-order valence-electron chi connectivity index (χ4n) is 1.29. The van der Waals surface area contributed by atoms with Crippen LogP contribution in [0, 0.1) is 6.92 Å². The van der Waals surface area contributed by atoms with E-state index in [4.69, 9.17) is 0 Å². The molecule has 0 aliphatic carbocycles. The molecule has 0 amide bonds. The highest BCUT2D eigenvalue weighted by Gasteiger charge is 1.98. The third kappa shape index (κ3) is 1.03. The van der Waals surface area contributed by atoms with Crippen molar-refractivity contribution in [2.45, 2.75) is 6.92 Å². The van der Waals surface area contributed by atoms with Gasteiger partial charge in [0.15, 0.2) is 0 Å². The van der Waals surface area contributed by atoms with Gasteiger partial charge < -0.3 is 10.3 Å². The highest BCUT2D eigenvalue weighted by atomic mass is 14.9. The van der Waals surface area contributed by atoms with Crippen molar-refractivity contribution in [2.24, 2.45) is 0 Å². The van der Waals surface area contributed by atoms with Crippen molar-refractivity contribution < 1.29 is 0 Å². The Balaban J connectivity index is 2.66. The van der Waals surface area contributed by atoms with Crippen LogP contribution in [-0.4, -0.2) is 17.0 Å². The van der Waals surface area contributed by atoms with Gasteiger partial charge in [-0.15, -0.1) is 0 Å². The van der Waals surface area contributed by atoms with Gasteiger partial charge in [0, 0.05) is 18.1 Å². The maximum Gasteiger partial charge on any atom is 0.137 e. The minimum atomic E-state index is 0.950. The van der Waals surface area contributed by atoms with E-state index in [1.807, 2.05) is 20.2 Å². The fourth-order valence-corrected chi connectivity index (χ4v) is 1.29. The van der Waals surface area contributed by atoms with Crippen LogP contribution in [0.25, 0.3) is 11.0 Å². The normalized spacial score (nSPS) is 10.5. The van der Waals surface area contributed by atoms with Crippen LogP contribution in [0.2, 0.25) is 0 Å². The van der Waals surface area contributed by atoms with Gasteiger partial charge in [-0.2, -0.15) is 0 Å². The predicted octanol–water partition coefficient (Wildman–Crippen LogP) is 1.91. The molecule has 2 aromatic heterocycles. The minimum absolute atomic E-state index is 0.950. The summed E-state index contributed by atoms with van der Waals surface area (Å²) in [4.78, 5) is 7.43. The molecule has 0 radical (unpaired) electrons. The van der Waals surface area contributed by atoms with E-state index in [0.29, 0.717) is 0 Å². The number of anilines is 1. The van der Waals surface area contributed by atoms with Crippen molar-refractivity contribution in [3.05, 3.63) is 24.0 Å². The van der Waals surface area contributed by atoms with E-state index >= 15 is 0 Å². The molecule has 3 nitrogen and oxygen atoms in total. The van der Waals surface area contributed by atoms with Gasteiger partial charge in [0.1, 0.15) is 5.65 Å². The van der Waals surface area contributed by atoms with E-state index in [0.717, 1.165) is 22.4 Å². The van der Waals surface area contributed by atoms with Gasteiger partial charge in [0.05, 0.1) is 11.9 Å². The molecular formula is C9H11N3. The first-order valence-corrected chi connectivity index (χ1v) is 3.93. The van der Waals surface area contributed by atoms with Crippen molar-refractivity contribution in [3.8, 4) is 0 Å². The topological polar surface area (TPSA) is 40.7 Å². The molecule has 2 rings (SSSR count). The monoisotopic (exact) mass is 161 g/mol. The summed E-state index contributed by atoms with van der Waals surface area (Å²) >= 11 is 0. The van der Waals surface area contributed by atoms with E-state index in [1.54, 1.807) is 0 Å². The molecule has 0 atom stereocenters. The first-order valence-electron chi connectivity index (χ1n) is 3.93. The molecule has 3 heteroatoms. The molecule has 0 aromatic carbocycles. The van der Waals surface area contributed by atoms with Crippen LogP contribution in [0.1, 0.15) is 5.69 Å². The van der Waals surface area contributed by atoms with Gasteiger partial charge in [-0.1, -0.05) is 0 Å². The van der Waals surface area contributed by atoms with E-state index in [-0.39, 0.29) is 0 Å². The van der Waals surface area contributed by atoms with E-state index in [2.05, 4.69) is 27.4 Å². The number of nitrogens with one attached hydrogen (secondary N) is 2. The van der Waals surface area contributed by atoms with Gasteiger partial charge >= 0.3 is 0 Å². The van der Waals surface area contributed by atoms with Gasteiger partial charge in [0.2, 0.25) is 0 Å². The highest BCUT2D eigenvalue weighted by Crippen LogP contribution is 2.16. The van der Waals surface area contributed by atoms with Crippen LogP contribution in [0.15, 0.2) is 18.3 Å². The number of hydrogen-bond acceptors (Lipinski definition) is 2. The van der Waals surface area contributed by atoms with Crippen LogP contribution >= 0.6 is 0 Å². The zero-order chi connectivity index (χ0) is 8.55. The van der Waals surface area contributed by atoms with Gasteiger partial charge in [-0.25, -0.2) is 4.98 Å². The summed E-state index contributed by atoms with van der Waals surface area (Å²) in [5.74, 6) is 0. The van der Waals surface area contributed by atoms with Crippen molar-refractivity contribution >= 4 is 16.7 Å². The molecule has 0 unspecified atom stereocenters. The maximum absolute atomic E-state index is 4.25. The van der Waals surface area contributed by atoms with Crippen molar-refractivity contribution in [3.63, 3.8) is 0 Å². The molecule has 0 aliphatic rings. The zero-order valence-corrected chi connectivity index (χ0v) is 7.18. The Labute approximate surface area is 70.8 Å². The van der Waals surface area contributed by atoms with Crippen LogP contribution in [0.5, 0.6) is 0 Å². The van der Waals surface area contributed by atoms with Crippen LogP contribution in [0.3, 0.4) is 0 Å². The molecule has 2 heterocycles. The van der Waals surface area contributed by atoms with Crippen LogP contribution in [0.4, 0.5) is 5.69 Å². The van der Waals surface area contributed by atoms with Crippen LogP contribution in [-0.2, 0) is 0 Å². The molecule has 62 valence electrons. The number of aryl methyl sites for hydroxylation is 1. The standard InChI is InChI=1S/C9H11N3/c1-6-3-7-4-8(10-2)5-11-9(7)12-6/h3-5,10H,1-2H3,(H,11,12). The van der Waals surface area contributed by atoms with Crippen molar-refractivity contribution in [1.29, 1.82) is 0 Å². The summed E-state index contributed by atoms with van der Waals surface area (Å²) < 4.78 is 0. The van der Waals surface area contributed by atoms with Crippen molar-refractivity contribution in [2.75, 3.05) is 12.4 Å². The van der Waals surface area contributed by atoms with E-state index in [1.165, 1.54) is 0 Å². The molecule has 2 N–H and O–H groups in total. The Morgan fingerprint density at radius 1 is 1.42 bits per heavy atom. The predicted molar refractivity (Wildman–Crippen MR) is 50.4 cm³/mol. The van der Waals surface area contributed by atoms with E-state index in [9.17, 15) is 0 Å². The number of rotatable bonds is 1. The smallest absolute Gasteiger partial charge is 0.137 e. The largest absolute Gasteiger partial charge is 0.387 e. The Morgan fingerprint density at radius 2 is 2.25 bits per heavy atom. The molecule has 0 saturated heterocycles. The Morgan fingerprint density at radius 3 is 3.00 bits per heavy atom. The summed E-state index contributed by atoms with van der Waals surface area (Å²) in [6.07, 6.45) is 1.82. The van der Waals surface area contributed by atoms with Crippen LogP contribution < -0.4 is 5.32 Å². The van der Waals surface area contributed by atoms with Crippen molar-refractivity contribution in [1.82, 2.24) is 9.97 Å². The number of H-pyrrole nitrogens is 1. The van der Waals surface area contributed by atoms with Gasteiger partial charge in [0.25, 0.3) is 0 Å². The summed E-state index contributed by atoms with van der Waals surface area (Å²) in [6.45, 7) is 2.03. The number of aromatic amines is 1. The SMILES string of the molecule is CNc1cnc2[nH]c(C)cc2c1. The quantitative estimate of drug-likeness (QED) is 0.670. The number of aromatic nitrogens is 2. The minimum Gasteiger partial charge on any atom is -0.387 e. The Hall–Kier alpha value is -1.51. The Kier molecular flexibility index (Phi) is 1.50. The summed E-state index contributed by atoms with van der Waals surface area (Å²) in [5, 5.41) is 4.20. The first kappa shape index (κ1) is 7.16. The molecule has 0 saturated carbocycles. The molecule has 0 fully saturated rings. The molecule has 0 spiro atoms. The lowest BCUT2D eigenvalue weighted by Gasteiger charge is -1.96. The second kappa shape index (κ2) is 2.52. The fraction of sp³-hybridized carbons (Fsp3) is 0.222. The number of fused-ring (bicyclic) bond motifs is 1. The summed E-state index contributed by atoms with van der Waals surface area (Å²) in [5.41, 5.74) is 3.14. The lowest BCUT2D eigenvalue weighted by Crippen LogP contribution is -1.88. The van der Waals surface area contributed by atoms with E-state index < -0.39 is 0 Å². The van der Waals surface area contributed by atoms with Gasteiger partial charge in [-0.3, -0.25) is 0 Å². The third-order valence-electron chi connectivity index (χ3n) is 1.89. The summed E-state index contributed by atoms with van der Waals surface area (Å²) in [7, 11) is 1.89. The lowest BCUT2D eigenvalue weighted by atomic mass is 10.3. The molecule has 12 heavy (non-hydrogen) atoms. The molecule has 2 aromatic rings. The highest BCUT2D eigenvalue weighted by molar-refractivity contribution is 5.79. The summed E-state index contributed by atoms with van der Waals surface area (Å²) in [6, 6.07) is 4.16. The first-order chi connectivity index (χ1) is 5.79. The zero-order valence-electron chi connectivity index (χ0n) is 7.18. The molecular weight excluding hydrogens is 150 g/mol. The third-order valence-corrected chi connectivity index (χ3v) is 1.89. The number of hydrogen-bond donors (Lipinski definition) is 2. The second-order valence-electron chi connectivity index (χ2n) is 2.86. The number of pyridine rings is 1. The van der Waals surface area contributed by atoms with Gasteiger partial charge in [-0.05, 0) is 19.1 Å². The maximum atomic E-state index is 4.25. The lowest BCUT2D eigenvalue weighted by molar-refractivity contribution is 1.25. The molecule has 0 aliphatic heterocycles. The average molecular weight is 161 g/mol. The Bertz CT molecular complexity index is 403. The molecule has 0 bridgehead atoms. The number of nitrogens with zero attached hydrogens (tertiary/aromatic N) is 1. The second-order valence-corrected chi connectivity index (χ2v) is 2.86.